The summed E-state index contributed by atoms with van der Waals surface area (Å²) in [5, 5.41) is 16.7. The van der Waals surface area contributed by atoms with E-state index < -0.39 is 6.10 Å². The number of aliphatic hydroxyl groups is 1. The maximum atomic E-state index is 11.7. The van der Waals surface area contributed by atoms with Crippen LogP contribution in [0.25, 0.3) is 0 Å². The Hall–Kier alpha value is -0.870. The fourth-order valence-corrected chi connectivity index (χ4v) is 3.00. The van der Waals surface area contributed by atoms with E-state index in [-0.39, 0.29) is 11.8 Å². The van der Waals surface area contributed by atoms with Crippen LogP contribution in [0.3, 0.4) is 0 Å². The minimum absolute atomic E-state index is 0.167. The van der Waals surface area contributed by atoms with Crippen LogP contribution >= 0.6 is 11.3 Å². The van der Waals surface area contributed by atoms with Gasteiger partial charge in [-0.05, 0) is 41.7 Å². The fourth-order valence-electron chi connectivity index (χ4n) is 2.30. The normalized spacial score (nSPS) is 18.2. The molecule has 1 atom stereocenters. The predicted octanol–water partition coefficient (Wildman–Crippen LogP) is 2.48. The van der Waals surface area contributed by atoms with E-state index in [0.717, 1.165) is 18.4 Å². The van der Waals surface area contributed by atoms with Gasteiger partial charge in [-0.25, -0.2) is 0 Å². The van der Waals surface area contributed by atoms with Crippen LogP contribution in [0.2, 0.25) is 0 Å². The van der Waals surface area contributed by atoms with Crippen LogP contribution in [0.4, 0.5) is 0 Å². The van der Waals surface area contributed by atoms with E-state index in [1.165, 1.54) is 12.8 Å². The molecule has 1 unspecified atom stereocenters. The first-order chi connectivity index (χ1) is 8.27. The van der Waals surface area contributed by atoms with Crippen LogP contribution in [-0.2, 0) is 4.79 Å². The maximum absolute atomic E-state index is 11.7. The molecule has 2 rings (SSSR count). The van der Waals surface area contributed by atoms with Gasteiger partial charge in [0.2, 0.25) is 5.91 Å². The predicted molar refractivity (Wildman–Crippen MR) is 68.9 cm³/mol. The van der Waals surface area contributed by atoms with Crippen molar-refractivity contribution < 1.29 is 9.90 Å². The molecule has 1 saturated carbocycles. The molecule has 1 aromatic heterocycles. The molecule has 1 aromatic rings. The quantitative estimate of drug-likeness (QED) is 0.847. The summed E-state index contributed by atoms with van der Waals surface area (Å²) >= 11 is 1.58. The van der Waals surface area contributed by atoms with Crippen molar-refractivity contribution in [3.05, 3.63) is 22.4 Å². The zero-order valence-electron chi connectivity index (χ0n) is 9.89. The van der Waals surface area contributed by atoms with Crippen molar-refractivity contribution in [1.82, 2.24) is 5.32 Å². The molecule has 17 heavy (non-hydrogen) atoms. The maximum Gasteiger partial charge on any atom is 0.223 e. The molecule has 2 N–H and O–H groups in total. The second kappa shape index (κ2) is 6.17. The van der Waals surface area contributed by atoms with Gasteiger partial charge in [0.15, 0.2) is 0 Å². The van der Waals surface area contributed by atoms with Crippen molar-refractivity contribution in [1.29, 1.82) is 0 Å². The highest BCUT2D eigenvalue weighted by molar-refractivity contribution is 7.07. The molecule has 1 heterocycles. The second-order valence-electron chi connectivity index (χ2n) is 4.63. The summed E-state index contributed by atoms with van der Waals surface area (Å²) in [5.74, 6) is 0.383. The number of rotatable bonds is 5. The number of hydrogen-bond acceptors (Lipinski definition) is 3. The Morgan fingerprint density at radius 3 is 2.94 bits per heavy atom. The SMILES string of the molecule is O=C(NCCC(O)c1ccsc1)C1CCCC1. The Balaban J connectivity index is 1.67. The number of thiophene rings is 1. The summed E-state index contributed by atoms with van der Waals surface area (Å²) in [6, 6.07) is 1.92. The van der Waals surface area contributed by atoms with Crippen molar-refractivity contribution in [3.63, 3.8) is 0 Å². The number of amides is 1. The number of carbonyl (C=O) groups is 1. The van der Waals surface area contributed by atoms with Crippen molar-refractivity contribution in [2.45, 2.75) is 38.2 Å². The molecule has 94 valence electrons. The Labute approximate surface area is 106 Å². The van der Waals surface area contributed by atoms with E-state index in [9.17, 15) is 9.90 Å². The zero-order chi connectivity index (χ0) is 12.1. The van der Waals surface area contributed by atoms with Crippen LogP contribution in [0, 0.1) is 5.92 Å². The van der Waals surface area contributed by atoms with Crippen LogP contribution in [-0.4, -0.2) is 17.6 Å². The van der Waals surface area contributed by atoms with E-state index in [0.29, 0.717) is 13.0 Å². The molecule has 0 radical (unpaired) electrons. The molecule has 0 spiro atoms. The Morgan fingerprint density at radius 2 is 2.29 bits per heavy atom. The van der Waals surface area contributed by atoms with Crippen molar-refractivity contribution in [2.24, 2.45) is 5.92 Å². The first kappa shape index (κ1) is 12.6. The molecule has 1 fully saturated rings. The average molecular weight is 253 g/mol. The highest BCUT2D eigenvalue weighted by atomic mass is 32.1. The smallest absolute Gasteiger partial charge is 0.223 e. The topological polar surface area (TPSA) is 49.3 Å². The molecule has 0 aromatic carbocycles. The Kier molecular flexibility index (Phi) is 4.57. The zero-order valence-corrected chi connectivity index (χ0v) is 10.7. The molecule has 1 amide bonds. The van der Waals surface area contributed by atoms with Crippen LogP contribution in [0.1, 0.15) is 43.8 Å². The summed E-state index contributed by atoms with van der Waals surface area (Å²) in [7, 11) is 0. The monoisotopic (exact) mass is 253 g/mol. The lowest BCUT2D eigenvalue weighted by Gasteiger charge is -2.12. The van der Waals surface area contributed by atoms with Gasteiger partial charge in [-0.3, -0.25) is 4.79 Å². The second-order valence-corrected chi connectivity index (χ2v) is 5.41. The highest BCUT2D eigenvalue weighted by Crippen LogP contribution is 2.24. The van der Waals surface area contributed by atoms with Gasteiger partial charge in [0.05, 0.1) is 6.10 Å². The highest BCUT2D eigenvalue weighted by Gasteiger charge is 2.22. The first-order valence-electron chi connectivity index (χ1n) is 6.25. The standard InChI is InChI=1S/C13H19NO2S/c15-12(11-6-8-17-9-11)5-7-14-13(16)10-3-1-2-4-10/h6,8-10,12,15H,1-5,7H2,(H,14,16). The molecular weight excluding hydrogens is 234 g/mol. The molecule has 1 aliphatic carbocycles. The lowest BCUT2D eigenvalue weighted by Crippen LogP contribution is -2.30. The van der Waals surface area contributed by atoms with E-state index in [1.54, 1.807) is 11.3 Å². The summed E-state index contributed by atoms with van der Waals surface area (Å²) in [6.45, 7) is 0.562. The average Bonchev–Trinajstić information content (AvgIpc) is 3.02. The molecule has 0 bridgehead atoms. The summed E-state index contributed by atoms with van der Waals surface area (Å²) in [6.07, 6.45) is 4.54. The van der Waals surface area contributed by atoms with Gasteiger partial charge in [0, 0.05) is 12.5 Å². The van der Waals surface area contributed by atoms with Gasteiger partial charge in [0.25, 0.3) is 0 Å². The molecule has 4 heteroatoms. The number of hydrogen-bond donors (Lipinski definition) is 2. The lowest BCUT2D eigenvalue weighted by atomic mass is 10.1. The fraction of sp³-hybridized carbons (Fsp3) is 0.615. The van der Waals surface area contributed by atoms with Gasteiger partial charge in [-0.2, -0.15) is 11.3 Å². The third-order valence-corrected chi connectivity index (χ3v) is 4.07. The number of aliphatic hydroxyl groups excluding tert-OH is 1. The van der Waals surface area contributed by atoms with E-state index in [2.05, 4.69) is 5.32 Å². The molecule has 0 saturated heterocycles. The summed E-state index contributed by atoms with van der Waals surface area (Å²) in [4.78, 5) is 11.7. The minimum atomic E-state index is -0.454. The number of carbonyl (C=O) groups excluding carboxylic acids is 1. The van der Waals surface area contributed by atoms with E-state index >= 15 is 0 Å². The number of nitrogens with one attached hydrogen (secondary N) is 1. The van der Waals surface area contributed by atoms with E-state index in [1.807, 2.05) is 16.8 Å². The largest absolute Gasteiger partial charge is 0.388 e. The van der Waals surface area contributed by atoms with Crippen molar-refractivity contribution >= 4 is 17.2 Å². The van der Waals surface area contributed by atoms with Crippen molar-refractivity contribution in [3.8, 4) is 0 Å². The van der Waals surface area contributed by atoms with Crippen LogP contribution in [0.15, 0.2) is 16.8 Å². The molecule has 1 aliphatic rings. The summed E-state index contributed by atoms with van der Waals surface area (Å²) in [5.41, 5.74) is 0.949. The van der Waals surface area contributed by atoms with E-state index in [4.69, 9.17) is 0 Å². The summed E-state index contributed by atoms with van der Waals surface area (Å²) < 4.78 is 0. The van der Waals surface area contributed by atoms with Gasteiger partial charge >= 0.3 is 0 Å². The van der Waals surface area contributed by atoms with Crippen LogP contribution in [0.5, 0.6) is 0 Å². The van der Waals surface area contributed by atoms with Gasteiger partial charge in [0.1, 0.15) is 0 Å². The van der Waals surface area contributed by atoms with Crippen LogP contribution < -0.4 is 5.32 Å². The first-order valence-corrected chi connectivity index (χ1v) is 7.19. The lowest BCUT2D eigenvalue weighted by molar-refractivity contribution is -0.124. The van der Waals surface area contributed by atoms with Gasteiger partial charge < -0.3 is 10.4 Å². The third-order valence-electron chi connectivity index (χ3n) is 3.37. The van der Waals surface area contributed by atoms with Gasteiger partial charge in [-0.15, -0.1) is 0 Å². The Bertz CT molecular complexity index is 344. The molecular formula is C13H19NO2S. The van der Waals surface area contributed by atoms with Crippen molar-refractivity contribution in [2.75, 3.05) is 6.54 Å². The Morgan fingerprint density at radius 1 is 1.53 bits per heavy atom. The molecule has 3 nitrogen and oxygen atoms in total. The van der Waals surface area contributed by atoms with Gasteiger partial charge in [-0.1, -0.05) is 12.8 Å². The minimum Gasteiger partial charge on any atom is -0.388 e. The third kappa shape index (κ3) is 3.54. The molecule has 0 aliphatic heterocycles.